The van der Waals surface area contributed by atoms with Crippen molar-refractivity contribution in [3.05, 3.63) is 28.2 Å². The summed E-state index contributed by atoms with van der Waals surface area (Å²) in [6.07, 6.45) is -0.531. The van der Waals surface area contributed by atoms with Crippen LogP contribution < -0.4 is 15.4 Å². The minimum absolute atomic E-state index is 0.106. The Morgan fingerprint density at radius 3 is 2.63 bits per heavy atom. The lowest BCUT2D eigenvalue weighted by Gasteiger charge is -2.19. The molecule has 0 aliphatic heterocycles. The average molecular weight is 329 g/mol. The third-order valence-corrected chi connectivity index (χ3v) is 3.13. The lowest BCUT2D eigenvalue weighted by Crippen LogP contribution is -2.40. The first-order valence-corrected chi connectivity index (χ1v) is 7.14. The van der Waals surface area contributed by atoms with E-state index in [0.29, 0.717) is 12.3 Å². The zero-order valence-corrected chi connectivity index (χ0v) is 13.4. The van der Waals surface area contributed by atoms with Gasteiger partial charge in [-0.3, -0.25) is 4.79 Å². The predicted molar refractivity (Wildman–Crippen MR) is 80.3 cm³/mol. The number of rotatable bonds is 6. The van der Waals surface area contributed by atoms with Gasteiger partial charge in [0.25, 0.3) is 5.91 Å². The van der Waals surface area contributed by atoms with Gasteiger partial charge < -0.3 is 15.4 Å². The molecule has 4 nitrogen and oxygen atoms in total. The largest absolute Gasteiger partial charge is 0.479 e. The van der Waals surface area contributed by atoms with Crippen LogP contribution in [-0.4, -0.2) is 25.1 Å². The Kier molecular flexibility index (Phi) is 6.31. The van der Waals surface area contributed by atoms with Crippen LogP contribution in [-0.2, 0) is 11.3 Å². The van der Waals surface area contributed by atoms with E-state index in [1.807, 2.05) is 39.1 Å². The molecule has 0 aliphatic carbocycles. The fraction of sp³-hybridized carbons (Fsp3) is 0.500. The van der Waals surface area contributed by atoms with Gasteiger partial charge in [0, 0.05) is 18.2 Å². The monoisotopic (exact) mass is 328 g/mol. The Labute approximate surface area is 123 Å². The van der Waals surface area contributed by atoms with Gasteiger partial charge >= 0.3 is 0 Å². The first kappa shape index (κ1) is 16.0. The Morgan fingerprint density at radius 2 is 2.05 bits per heavy atom. The summed E-state index contributed by atoms with van der Waals surface area (Å²) in [6.45, 7) is 6.29. The SMILES string of the molecule is CNCc1cccc(Br)c1OC(C)C(=O)NC(C)C. The summed E-state index contributed by atoms with van der Waals surface area (Å²) in [5.74, 6) is 0.601. The quantitative estimate of drug-likeness (QED) is 0.843. The Hall–Kier alpha value is -1.07. The van der Waals surface area contributed by atoms with E-state index in [9.17, 15) is 4.79 Å². The molecular formula is C14H21BrN2O2. The molecule has 19 heavy (non-hydrogen) atoms. The van der Waals surface area contributed by atoms with Gasteiger partial charge in [0.1, 0.15) is 5.75 Å². The molecule has 0 saturated heterocycles. The van der Waals surface area contributed by atoms with E-state index >= 15 is 0 Å². The molecule has 0 aliphatic rings. The number of ether oxygens (including phenoxy) is 1. The Morgan fingerprint density at radius 1 is 1.37 bits per heavy atom. The van der Waals surface area contributed by atoms with Gasteiger partial charge in [-0.25, -0.2) is 0 Å². The first-order valence-electron chi connectivity index (χ1n) is 6.34. The van der Waals surface area contributed by atoms with Crippen molar-refractivity contribution in [2.24, 2.45) is 0 Å². The molecule has 1 atom stereocenters. The zero-order valence-electron chi connectivity index (χ0n) is 11.8. The number of nitrogens with one attached hydrogen (secondary N) is 2. The minimum atomic E-state index is -0.531. The number of amides is 1. The van der Waals surface area contributed by atoms with Crippen LogP contribution in [0.2, 0.25) is 0 Å². The average Bonchev–Trinajstić information content (AvgIpc) is 2.32. The molecule has 1 unspecified atom stereocenters. The molecule has 0 spiro atoms. The predicted octanol–water partition coefficient (Wildman–Crippen LogP) is 2.46. The molecule has 2 N–H and O–H groups in total. The lowest BCUT2D eigenvalue weighted by molar-refractivity contribution is -0.127. The molecular weight excluding hydrogens is 308 g/mol. The van der Waals surface area contributed by atoms with Gasteiger partial charge in [-0.05, 0) is 49.8 Å². The summed E-state index contributed by atoms with van der Waals surface area (Å²) in [4.78, 5) is 11.9. The van der Waals surface area contributed by atoms with Crippen LogP contribution in [0.5, 0.6) is 5.75 Å². The molecule has 1 aromatic carbocycles. The maximum absolute atomic E-state index is 11.9. The van der Waals surface area contributed by atoms with E-state index < -0.39 is 6.10 Å². The highest BCUT2D eigenvalue weighted by Gasteiger charge is 2.18. The topological polar surface area (TPSA) is 50.4 Å². The fourth-order valence-corrected chi connectivity index (χ4v) is 2.15. The van der Waals surface area contributed by atoms with Crippen LogP contribution >= 0.6 is 15.9 Å². The van der Waals surface area contributed by atoms with Crippen LogP contribution in [0.1, 0.15) is 26.3 Å². The zero-order chi connectivity index (χ0) is 14.4. The third kappa shape index (κ3) is 4.84. The second-order valence-corrected chi connectivity index (χ2v) is 5.54. The standard InChI is InChI=1S/C14H21BrN2O2/c1-9(2)17-14(18)10(3)19-13-11(8-16-4)6-5-7-12(13)15/h5-7,9-10,16H,8H2,1-4H3,(H,17,18). The molecule has 1 aromatic rings. The van der Waals surface area contributed by atoms with E-state index in [1.54, 1.807) is 6.92 Å². The van der Waals surface area contributed by atoms with Gasteiger partial charge in [0.2, 0.25) is 0 Å². The number of carbonyl (C=O) groups excluding carboxylic acids is 1. The second-order valence-electron chi connectivity index (χ2n) is 4.68. The Bertz CT molecular complexity index is 435. The van der Waals surface area contributed by atoms with Crippen molar-refractivity contribution in [1.29, 1.82) is 0 Å². The van der Waals surface area contributed by atoms with E-state index in [2.05, 4.69) is 26.6 Å². The summed E-state index contributed by atoms with van der Waals surface area (Å²) >= 11 is 3.46. The van der Waals surface area contributed by atoms with Crippen LogP contribution in [0, 0.1) is 0 Å². The molecule has 1 amide bonds. The molecule has 106 valence electrons. The highest BCUT2D eigenvalue weighted by molar-refractivity contribution is 9.10. The number of benzene rings is 1. The highest BCUT2D eigenvalue weighted by atomic mass is 79.9. The van der Waals surface area contributed by atoms with E-state index in [0.717, 1.165) is 10.0 Å². The summed E-state index contributed by atoms with van der Waals surface area (Å²) in [5, 5.41) is 5.92. The van der Waals surface area contributed by atoms with Gasteiger partial charge in [-0.15, -0.1) is 0 Å². The van der Waals surface area contributed by atoms with Crippen molar-refractivity contribution >= 4 is 21.8 Å². The minimum Gasteiger partial charge on any atom is -0.479 e. The van der Waals surface area contributed by atoms with E-state index in [1.165, 1.54) is 0 Å². The van der Waals surface area contributed by atoms with Gasteiger partial charge in [-0.2, -0.15) is 0 Å². The molecule has 0 bridgehead atoms. The molecule has 0 saturated carbocycles. The second kappa shape index (κ2) is 7.50. The molecule has 0 heterocycles. The summed E-state index contributed by atoms with van der Waals surface area (Å²) in [5.41, 5.74) is 1.01. The number of hydrogen-bond donors (Lipinski definition) is 2. The maximum atomic E-state index is 11.9. The van der Waals surface area contributed by atoms with Crippen LogP contribution in [0.25, 0.3) is 0 Å². The number of hydrogen-bond acceptors (Lipinski definition) is 3. The summed E-state index contributed by atoms with van der Waals surface area (Å²) in [6, 6.07) is 5.93. The number of carbonyl (C=O) groups is 1. The van der Waals surface area contributed by atoms with Crippen molar-refractivity contribution < 1.29 is 9.53 Å². The van der Waals surface area contributed by atoms with Crippen LogP contribution in [0.3, 0.4) is 0 Å². The lowest BCUT2D eigenvalue weighted by atomic mass is 10.2. The maximum Gasteiger partial charge on any atom is 0.260 e. The van der Waals surface area contributed by atoms with E-state index in [-0.39, 0.29) is 11.9 Å². The van der Waals surface area contributed by atoms with Crippen molar-refractivity contribution in [2.45, 2.75) is 39.5 Å². The number of halogens is 1. The number of para-hydroxylation sites is 1. The fourth-order valence-electron chi connectivity index (χ4n) is 1.65. The Balaban J connectivity index is 2.83. The van der Waals surface area contributed by atoms with Gasteiger partial charge in [-0.1, -0.05) is 12.1 Å². The van der Waals surface area contributed by atoms with Crippen molar-refractivity contribution in [1.82, 2.24) is 10.6 Å². The molecule has 1 rings (SSSR count). The van der Waals surface area contributed by atoms with Crippen molar-refractivity contribution in [2.75, 3.05) is 7.05 Å². The normalized spacial score (nSPS) is 12.3. The highest BCUT2D eigenvalue weighted by Crippen LogP contribution is 2.30. The molecule has 0 aromatic heterocycles. The first-order chi connectivity index (χ1) is 8.95. The summed E-state index contributed by atoms with van der Waals surface area (Å²) < 4.78 is 6.64. The van der Waals surface area contributed by atoms with Crippen molar-refractivity contribution in [3.63, 3.8) is 0 Å². The smallest absolute Gasteiger partial charge is 0.260 e. The van der Waals surface area contributed by atoms with Crippen LogP contribution in [0.15, 0.2) is 22.7 Å². The molecule has 0 radical (unpaired) electrons. The molecule has 5 heteroatoms. The van der Waals surface area contributed by atoms with Crippen molar-refractivity contribution in [3.8, 4) is 5.75 Å². The van der Waals surface area contributed by atoms with Gasteiger partial charge in [0.15, 0.2) is 6.10 Å². The van der Waals surface area contributed by atoms with Crippen LogP contribution in [0.4, 0.5) is 0 Å². The van der Waals surface area contributed by atoms with E-state index in [4.69, 9.17) is 4.74 Å². The molecule has 0 fully saturated rings. The summed E-state index contributed by atoms with van der Waals surface area (Å²) in [7, 11) is 1.87. The van der Waals surface area contributed by atoms with Gasteiger partial charge in [0.05, 0.1) is 4.47 Å². The third-order valence-electron chi connectivity index (χ3n) is 2.51.